The van der Waals surface area contributed by atoms with Crippen molar-refractivity contribution >= 4 is 22.6 Å². The molecule has 0 radical (unpaired) electrons. The fraction of sp³-hybridized carbons (Fsp3) is 0.158. The van der Waals surface area contributed by atoms with Crippen LogP contribution in [0.1, 0.15) is 23.0 Å². The molecule has 0 amide bonds. The number of esters is 1. The number of carbonyl (C=O) groups excluding carboxylic acids is 1. The van der Waals surface area contributed by atoms with Crippen LogP contribution in [0.15, 0.2) is 48.5 Å². The SMILES string of the molecule is CCOC(=O)c1c(C)nc2cccc([N+](=O)[O-])c2c1-c1ccccc1. The lowest BCUT2D eigenvalue weighted by atomic mass is 9.93. The van der Waals surface area contributed by atoms with E-state index >= 15 is 0 Å². The van der Waals surface area contributed by atoms with Crippen LogP contribution in [0, 0.1) is 17.0 Å². The van der Waals surface area contributed by atoms with E-state index in [-0.39, 0.29) is 17.9 Å². The molecule has 0 aliphatic carbocycles. The van der Waals surface area contributed by atoms with Gasteiger partial charge >= 0.3 is 5.97 Å². The molecule has 25 heavy (non-hydrogen) atoms. The van der Waals surface area contributed by atoms with Crippen molar-refractivity contribution in [2.24, 2.45) is 0 Å². The Morgan fingerprint density at radius 1 is 1.16 bits per heavy atom. The van der Waals surface area contributed by atoms with Gasteiger partial charge in [-0.1, -0.05) is 36.4 Å². The first kappa shape index (κ1) is 16.6. The standard InChI is InChI=1S/C19H16N2O4/c1-3-25-19(22)16-12(2)20-14-10-7-11-15(21(23)24)18(14)17(16)13-8-5-4-6-9-13/h4-11H,3H2,1-2H3. The third-order valence-corrected chi connectivity index (χ3v) is 3.91. The summed E-state index contributed by atoms with van der Waals surface area (Å²) in [5.74, 6) is -0.536. The van der Waals surface area contributed by atoms with Crippen molar-refractivity contribution in [2.75, 3.05) is 6.61 Å². The molecule has 2 aromatic carbocycles. The van der Waals surface area contributed by atoms with Gasteiger partial charge in [-0.15, -0.1) is 0 Å². The van der Waals surface area contributed by atoms with Crippen LogP contribution < -0.4 is 0 Å². The second-order valence-electron chi connectivity index (χ2n) is 5.46. The number of hydrogen-bond donors (Lipinski definition) is 0. The Morgan fingerprint density at radius 2 is 1.88 bits per heavy atom. The highest BCUT2D eigenvalue weighted by molar-refractivity contribution is 6.10. The number of aromatic nitrogens is 1. The molecule has 0 aliphatic heterocycles. The van der Waals surface area contributed by atoms with Gasteiger partial charge in [-0.3, -0.25) is 15.1 Å². The van der Waals surface area contributed by atoms with E-state index in [1.165, 1.54) is 6.07 Å². The van der Waals surface area contributed by atoms with Crippen molar-refractivity contribution in [3.8, 4) is 11.1 Å². The number of non-ortho nitro benzene ring substituents is 1. The molecule has 0 atom stereocenters. The van der Waals surface area contributed by atoms with Crippen LogP contribution in [-0.4, -0.2) is 22.5 Å². The molecule has 3 aromatic rings. The van der Waals surface area contributed by atoms with Crippen molar-refractivity contribution in [1.29, 1.82) is 0 Å². The van der Waals surface area contributed by atoms with E-state index in [0.717, 1.165) is 0 Å². The minimum absolute atomic E-state index is 0.0885. The van der Waals surface area contributed by atoms with Crippen LogP contribution in [0.2, 0.25) is 0 Å². The van der Waals surface area contributed by atoms with Crippen molar-refractivity contribution in [2.45, 2.75) is 13.8 Å². The van der Waals surface area contributed by atoms with Crippen molar-refractivity contribution in [3.05, 3.63) is 69.9 Å². The first-order valence-corrected chi connectivity index (χ1v) is 7.84. The van der Waals surface area contributed by atoms with Crippen molar-refractivity contribution in [1.82, 2.24) is 4.98 Å². The van der Waals surface area contributed by atoms with E-state index in [0.29, 0.717) is 27.7 Å². The second kappa shape index (κ2) is 6.68. The van der Waals surface area contributed by atoms with Crippen molar-refractivity contribution in [3.63, 3.8) is 0 Å². The highest BCUT2D eigenvalue weighted by Crippen LogP contribution is 2.38. The van der Waals surface area contributed by atoms with Gasteiger partial charge in [0.05, 0.1) is 33.7 Å². The Bertz CT molecular complexity index is 968. The average molecular weight is 336 g/mol. The molecule has 0 N–H and O–H groups in total. The summed E-state index contributed by atoms with van der Waals surface area (Å²) in [5, 5.41) is 11.9. The predicted octanol–water partition coefficient (Wildman–Crippen LogP) is 4.30. The molecule has 0 saturated carbocycles. The van der Waals surface area contributed by atoms with E-state index < -0.39 is 10.9 Å². The van der Waals surface area contributed by atoms with E-state index in [1.807, 2.05) is 30.3 Å². The molecule has 1 heterocycles. The van der Waals surface area contributed by atoms with Gasteiger partial charge in [-0.2, -0.15) is 0 Å². The van der Waals surface area contributed by atoms with Gasteiger partial charge in [-0.25, -0.2) is 4.79 Å². The lowest BCUT2D eigenvalue weighted by Gasteiger charge is -2.15. The fourth-order valence-corrected chi connectivity index (χ4v) is 2.92. The van der Waals surface area contributed by atoms with Gasteiger partial charge in [0.1, 0.15) is 0 Å². The number of fused-ring (bicyclic) bond motifs is 1. The zero-order chi connectivity index (χ0) is 18.0. The summed E-state index contributed by atoms with van der Waals surface area (Å²) in [6.07, 6.45) is 0. The smallest absolute Gasteiger partial charge is 0.340 e. The number of aryl methyl sites for hydroxylation is 1. The molecule has 126 valence electrons. The summed E-state index contributed by atoms with van der Waals surface area (Å²) in [6.45, 7) is 3.63. The number of nitro benzene ring substituents is 1. The second-order valence-corrected chi connectivity index (χ2v) is 5.46. The molecular formula is C19H16N2O4. The van der Waals surface area contributed by atoms with Crippen LogP contribution in [0.5, 0.6) is 0 Å². The minimum Gasteiger partial charge on any atom is -0.462 e. The van der Waals surface area contributed by atoms with Gasteiger partial charge < -0.3 is 4.74 Å². The van der Waals surface area contributed by atoms with E-state index in [2.05, 4.69) is 4.98 Å². The summed E-state index contributed by atoms with van der Waals surface area (Å²) in [4.78, 5) is 28.0. The number of carbonyl (C=O) groups is 1. The lowest BCUT2D eigenvalue weighted by molar-refractivity contribution is -0.383. The first-order chi connectivity index (χ1) is 12.0. The van der Waals surface area contributed by atoms with Gasteiger partial charge in [0.2, 0.25) is 0 Å². The maximum atomic E-state index is 12.6. The molecular weight excluding hydrogens is 320 g/mol. The molecule has 0 unspecified atom stereocenters. The number of hydrogen-bond acceptors (Lipinski definition) is 5. The average Bonchev–Trinajstić information content (AvgIpc) is 2.60. The minimum atomic E-state index is -0.536. The van der Waals surface area contributed by atoms with Crippen LogP contribution >= 0.6 is 0 Å². The quantitative estimate of drug-likeness (QED) is 0.403. The summed E-state index contributed by atoms with van der Waals surface area (Å²) in [7, 11) is 0. The predicted molar refractivity (Wildman–Crippen MR) is 94.5 cm³/mol. The summed E-state index contributed by atoms with van der Waals surface area (Å²) in [6, 6.07) is 13.8. The number of benzene rings is 2. The number of nitro groups is 1. The normalized spacial score (nSPS) is 10.6. The van der Waals surface area contributed by atoms with Gasteiger partial charge in [0.15, 0.2) is 0 Å². The van der Waals surface area contributed by atoms with E-state index in [4.69, 9.17) is 4.74 Å². The number of rotatable bonds is 4. The van der Waals surface area contributed by atoms with Crippen LogP contribution in [0.4, 0.5) is 5.69 Å². The third-order valence-electron chi connectivity index (χ3n) is 3.91. The topological polar surface area (TPSA) is 82.3 Å². The fourth-order valence-electron chi connectivity index (χ4n) is 2.92. The Hall–Kier alpha value is -3.28. The van der Waals surface area contributed by atoms with Gasteiger partial charge in [0.25, 0.3) is 5.69 Å². The van der Waals surface area contributed by atoms with Crippen LogP contribution in [0.3, 0.4) is 0 Å². The highest BCUT2D eigenvalue weighted by atomic mass is 16.6. The maximum absolute atomic E-state index is 12.6. The summed E-state index contributed by atoms with van der Waals surface area (Å²) >= 11 is 0. The summed E-state index contributed by atoms with van der Waals surface area (Å²) < 4.78 is 5.17. The molecule has 6 heteroatoms. The van der Waals surface area contributed by atoms with E-state index in [1.54, 1.807) is 26.0 Å². The maximum Gasteiger partial charge on any atom is 0.340 e. The molecule has 0 spiro atoms. The Balaban J connectivity index is 2.50. The third kappa shape index (κ3) is 2.94. The van der Waals surface area contributed by atoms with Crippen LogP contribution in [0.25, 0.3) is 22.0 Å². The Labute approximate surface area is 144 Å². The molecule has 0 aliphatic rings. The zero-order valence-electron chi connectivity index (χ0n) is 13.9. The van der Waals surface area contributed by atoms with Crippen molar-refractivity contribution < 1.29 is 14.5 Å². The first-order valence-electron chi connectivity index (χ1n) is 7.84. The highest BCUT2D eigenvalue weighted by Gasteiger charge is 2.26. The van der Waals surface area contributed by atoms with E-state index in [9.17, 15) is 14.9 Å². The molecule has 0 bridgehead atoms. The summed E-state index contributed by atoms with van der Waals surface area (Å²) in [5.41, 5.74) is 2.30. The Morgan fingerprint density at radius 3 is 2.52 bits per heavy atom. The molecule has 1 aromatic heterocycles. The van der Waals surface area contributed by atoms with Gasteiger partial charge in [0, 0.05) is 11.6 Å². The zero-order valence-corrected chi connectivity index (χ0v) is 13.9. The Kier molecular flexibility index (Phi) is 4.43. The largest absolute Gasteiger partial charge is 0.462 e. The van der Waals surface area contributed by atoms with Crippen LogP contribution in [-0.2, 0) is 4.74 Å². The molecule has 6 nitrogen and oxygen atoms in total. The molecule has 3 rings (SSSR count). The number of nitrogens with zero attached hydrogens (tertiary/aromatic N) is 2. The lowest BCUT2D eigenvalue weighted by Crippen LogP contribution is -2.11. The molecule has 0 fully saturated rings. The monoisotopic (exact) mass is 336 g/mol. The van der Waals surface area contributed by atoms with Gasteiger partial charge in [-0.05, 0) is 25.5 Å². The number of pyridine rings is 1. The molecule has 0 saturated heterocycles. The number of ether oxygens (including phenoxy) is 1.